The van der Waals surface area contributed by atoms with Gasteiger partial charge in [0.05, 0.1) is 7.11 Å². The van der Waals surface area contributed by atoms with Gasteiger partial charge in [-0.25, -0.2) is 0 Å². The van der Waals surface area contributed by atoms with Crippen molar-refractivity contribution in [2.75, 3.05) is 33.4 Å². The number of fused-ring (bicyclic) bond motifs is 1. The predicted octanol–water partition coefficient (Wildman–Crippen LogP) is 3.07. The van der Waals surface area contributed by atoms with Crippen molar-refractivity contribution < 1.29 is 18.9 Å². The van der Waals surface area contributed by atoms with Crippen LogP contribution < -0.4 is 24.3 Å². The second-order valence-corrected chi connectivity index (χ2v) is 5.85. The highest BCUT2D eigenvalue weighted by atomic mass is 16.6. The van der Waals surface area contributed by atoms with Gasteiger partial charge in [0.15, 0.2) is 23.0 Å². The van der Waals surface area contributed by atoms with E-state index < -0.39 is 0 Å². The lowest BCUT2D eigenvalue weighted by Gasteiger charge is -2.26. The first-order valence-electron chi connectivity index (χ1n) is 8.69. The molecule has 2 aromatic rings. The molecule has 0 unspecified atom stereocenters. The monoisotopic (exact) mass is 343 g/mol. The van der Waals surface area contributed by atoms with Crippen LogP contribution in [-0.4, -0.2) is 39.5 Å². The lowest BCUT2D eigenvalue weighted by atomic mass is 10.1. The van der Waals surface area contributed by atoms with E-state index in [9.17, 15) is 0 Å². The predicted molar refractivity (Wildman–Crippen MR) is 97.1 cm³/mol. The Hall–Kier alpha value is -2.40. The Bertz CT molecular complexity index is 667. The van der Waals surface area contributed by atoms with Crippen LogP contribution in [0.1, 0.15) is 12.5 Å². The highest BCUT2D eigenvalue weighted by Gasteiger charge is 2.19. The lowest BCUT2D eigenvalue weighted by Crippen LogP contribution is -2.39. The van der Waals surface area contributed by atoms with Crippen molar-refractivity contribution in [2.45, 2.75) is 19.4 Å². The largest absolute Gasteiger partial charge is 0.493 e. The van der Waals surface area contributed by atoms with Gasteiger partial charge in [-0.1, -0.05) is 31.2 Å². The summed E-state index contributed by atoms with van der Waals surface area (Å²) >= 11 is 0. The normalized spacial score (nSPS) is 15.7. The molecule has 0 amide bonds. The van der Waals surface area contributed by atoms with Crippen LogP contribution in [0.3, 0.4) is 0 Å². The Morgan fingerprint density at radius 2 is 1.96 bits per heavy atom. The Balaban J connectivity index is 1.43. The fourth-order valence-corrected chi connectivity index (χ4v) is 2.82. The molecule has 25 heavy (non-hydrogen) atoms. The van der Waals surface area contributed by atoms with Gasteiger partial charge in [-0.05, 0) is 30.2 Å². The third kappa shape index (κ3) is 4.37. The quantitative estimate of drug-likeness (QED) is 0.747. The summed E-state index contributed by atoms with van der Waals surface area (Å²) in [4.78, 5) is 0. The van der Waals surface area contributed by atoms with E-state index in [1.807, 2.05) is 36.4 Å². The van der Waals surface area contributed by atoms with Crippen molar-refractivity contribution in [2.24, 2.45) is 0 Å². The highest BCUT2D eigenvalue weighted by Crippen LogP contribution is 2.32. The smallest absolute Gasteiger partial charge is 0.164 e. The minimum atomic E-state index is 0.00682. The molecule has 0 radical (unpaired) electrons. The zero-order valence-electron chi connectivity index (χ0n) is 14.8. The minimum absolute atomic E-state index is 0.00682. The van der Waals surface area contributed by atoms with Gasteiger partial charge in [-0.15, -0.1) is 0 Å². The maximum absolute atomic E-state index is 5.94. The number of hydrogen-bond acceptors (Lipinski definition) is 5. The fraction of sp³-hybridized carbons (Fsp3) is 0.400. The first-order chi connectivity index (χ1) is 12.3. The molecule has 0 aromatic heterocycles. The van der Waals surface area contributed by atoms with E-state index in [4.69, 9.17) is 18.9 Å². The van der Waals surface area contributed by atoms with Crippen molar-refractivity contribution in [3.63, 3.8) is 0 Å². The van der Waals surface area contributed by atoms with Crippen LogP contribution in [0.5, 0.6) is 23.0 Å². The van der Waals surface area contributed by atoms with E-state index in [1.54, 1.807) is 7.11 Å². The van der Waals surface area contributed by atoms with E-state index in [0.717, 1.165) is 41.5 Å². The van der Waals surface area contributed by atoms with Gasteiger partial charge in [0, 0.05) is 13.1 Å². The maximum atomic E-state index is 5.94. The Morgan fingerprint density at radius 1 is 1.12 bits per heavy atom. The maximum Gasteiger partial charge on any atom is 0.164 e. The molecular weight excluding hydrogens is 318 g/mol. The zero-order chi connectivity index (χ0) is 17.5. The molecule has 0 bridgehead atoms. The lowest BCUT2D eigenvalue weighted by molar-refractivity contribution is 0.0897. The van der Waals surface area contributed by atoms with Crippen LogP contribution >= 0.6 is 0 Å². The molecule has 0 spiro atoms. The molecule has 1 aliphatic rings. The third-order valence-corrected chi connectivity index (χ3v) is 4.13. The number of rotatable bonds is 8. The number of aryl methyl sites for hydroxylation is 1. The fourth-order valence-electron chi connectivity index (χ4n) is 2.82. The second kappa shape index (κ2) is 8.62. The summed E-state index contributed by atoms with van der Waals surface area (Å²) in [5, 5.41) is 3.36. The molecule has 3 rings (SSSR count). The van der Waals surface area contributed by atoms with E-state index in [0.29, 0.717) is 19.8 Å². The molecule has 1 heterocycles. The summed E-state index contributed by atoms with van der Waals surface area (Å²) in [6.45, 7) is 4.67. The molecule has 5 heteroatoms. The second-order valence-electron chi connectivity index (χ2n) is 5.85. The standard InChI is InChI=1S/C20H25NO4/c1-3-15-7-6-10-19(22-2)20(15)23-12-11-21-13-16-14-24-17-8-4-5-9-18(17)25-16/h4-10,16,21H,3,11-14H2,1-2H3/t16-/m1/s1. The van der Waals surface area contributed by atoms with Gasteiger partial charge in [-0.3, -0.25) is 0 Å². The summed E-state index contributed by atoms with van der Waals surface area (Å²) in [5.41, 5.74) is 1.15. The van der Waals surface area contributed by atoms with Crippen LogP contribution in [0.4, 0.5) is 0 Å². The highest BCUT2D eigenvalue weighted by molar-refractivity contribution is 5.46. The first kappa shape index (κ1) is 17.4. The van der Waals surface area contributed by atoms with Gasteiger partial charge in [-0.2, -0.15) is 0 Å². The van der Waals surface area contributed by atoms with Crippen molar-refractivity contribution in [1.82, 2.24) is 5.32 Å². The number of hydrogen-bond donors (Lipinski definition) is 1. The molecule has 0 fully saturated rings. The number of para-hydroxylation sites is 3. The van der Waals surface area contributed by atoms with Gasteiger partial charge < -0.3 is 24.3 Å². The molecule has 1 N–H and O–H groups in total. The van der Waals surface area contributed by atoms with Crippen molar-refractivity contribution in [3.8, 4) is 23.0 Å². The Kier molecular flexibility index (Phi) is 6.01. The zero-order valence-corrected chi connectivity index (χ0v) is 14.8. The SMILES string of the molecule is CCc1cccc(OC)c1OCCNC[C@@H]1COc2ccccc2O1. The van der Waals surface area contributed by atoms with Crippen LogP contribution in [0.15, 0.2) is 42.5 Å². The van der Waals surface area contributed by atoms with Crippen molar-refractivity contribution in [3.05, 3.63) is 48.0 Å². The van der Waals surface area contributed by atoms with E-state index in [1.165, 1.54) is 0 Å². The minimum Gasteiger partial charge on any atom is -0.493 e. The Labute approximate surface area is 148 Å². The number of methoxy groups -OCH3 is 1. The molecule has 5 nitrogen and oxygen atoms in total. The molecule has 134 valence electrons. The summed E-state index contributed by atoms with van der Waals surface area (Å²) in [6, 6.07) is 13.7. The topological polar surface area (TPSA) is 49.0 Å². The van der Waals surface area contributed by atoms with E-state index in [2.05, 4.69) is 18.3 Å². The van der Waals surface area contributed by atoms with E-state index >= 15 is 0 Å². The third-order valence-electron chi connectivity index (χ3n) is 4.13. The van der Waals surface area contributed by atoms with Gasteiger partial charge in [0.25, 0.3) is 0 Å². The molecule has 1 atom stereocenters. The van der Waals surface area contributed by atoms with Gasteiger partial charge >= 0.3 is 0 Å². The molecule has 0 saturated carbocycles. The van der Waals surface area contributed by atoms with Crippen LogP contribution in [-0.2, 0) is 6.42 Å². The number of benzene rings is 2. The molecule has 1 aliphatic heterocycles. The summed E-state index contributed by atoms with van der Waals surface area (Å²) in [5.74, 6) is 3.23. The average molecular weight is 343 g/mol. The molecule has 0 aliphatic carbocycles. The van der Waals surface area contributed by atoms with Crippen LogP contribution in [0, 0.1) is 0 Å². The van der Waals surface area contributed by atoms with Crippen molar-refractivity contribution in [1.29, 1.82) is 0 Å². The molecular formula is C20H25NO4. The van der Waals surface area contributed by atoms with Crippen LogP contribution in [0.25, 0.3) is 0 Å². The van der Waals surface area contributed by atoms with Gasteiger partial charge in [0.1, 0.15) is 19.3 Å². The first-order valence-corrected chi connectivity index (χ1v) is 8.69. The summed E-state index contributed by atoms with van der Waals surface area (Å²) < 4.78 is 23.0. The number of ether oxygens (including phenoxy) is 4. The summed E-state index contributed by atoms with van der Waals surface area (Å²) in [6.07, 6.45) is 0.916. The van der Waals surface area contributed by atoms with Crippen molar-refractivity contribution >= 4 is 0 Å². The van der Waals surface area contributed by atoms with Gasteiger partial charge in [0.2, 0.25) is 0 Å². The van der Waals surface area contributed by atoms with E-state index in [-0.39, 0.29) is 6.10 Å². The average Bonchev–Trinajstić information content (AvgIpc) is 2.67. The Morgan fingerprint density at radius 3 is 2.76 bits per heavy atom. The summed E-state index contributed by atoms with van der Waals surface area (Å²) in [7, 11) is 1.66. The number of nitrogens with one attached hydrogen (secondary N) is 1. The molecule has 0 saturated heterocycles. The van der Waals surface area contributed by atoms with Crippen LogP contribution in [0.2, 0.25) is 0 Å². The molecule has 2 aromatic carbocycles.